The third-order valence-electron chi connectivity index (χ3n) is 4.04. The van der Waals surface area contributed by atoms with Crippen LogP contribution in [0.4, 0.5) is 5.69 Å². The van der Waals surface area contributed by atoms with Gasteiger partial charge in [0.25, 0.3) is 0 Å². The molecule has 1 aliphatic heterocycles. The summed E-state index contributed by atoms with van der Waals surface area (Å²) in [5, 5.41) is 0. The summed E-state index contributed by atoms with van der Waals surface area (Å²) >= 11 is 0. The molecule has 0 amide bonds. The summed E-state index contributed by atoms with van der Waals surface area (Å²) in [6.45, 7) is 7.56. The maximum Gasteiger partial charge on any atom is 0.375 e. The average Bonchev–Trinajstić information content (AvgIpc) is 2.73. The molecule has 3 rings (SSSR count). The van der Waals surface area contributed by atoms with Gasteiger partial charge in [-0.1, -0.05) is 29.8 Å². The van der Waals surface area contributed by atoms with Crippen LogP contribution in [-0.2, 0) is 9.53 Å². The Morgan fingerprint density at radius 2 is 1.83 bits per heavy atom. The summed E-state index contributed by atoms with van der Waals surface area (Å²) in [7, 11) is 0. The van der Waals surface area contributed by atoms with Gasteiger partial charge in [-0.25, -0.2) is 9.78 Å². The fourth-order valence-electron chi connectivity index (χ4n) is 2.70. The first-order chi connectivity index (χ1) is 11.3. The normalized spacial score (nSPS) is 16.2. The summed E-state index contributed by atoms with van der Waals surface area (Å²) < 4.78 is 11.3. The molecule has 0 radical (unpaired) electrons. The smallest absolute Gasteiger partial charge is 0.375 e. The first-order valence-electron chi connectivity index (χ1n) is 7.73. The highest BCUT2D eigenvalue weighted by atomic mass is 16.6. The van der Waals surface area contributed by atoms with Crippen LogP contribution in [0.3, 0.4) is 0 Å². The SMILES string of the molecule is Cc1ccc(C2=C(Oc3cc(C)c(N)cn3)C(=O)OC2(C)C)cc1. The van der Waals surface area contributed by atoms with Crippen LogP contribution in [0.25, 0.3) is 5.57 Å². The average molecular weight is 324 g/mol. The Kier molecular flexibility index (Phi) is 3.79. The Hall–Kier alpha value is -2.82. The number of nitrogens with two attached hydrogens (primary N) is 1. The van der Waals surface area contributed by atoms with Crippen LogP contribution >= 0.6 is 0 Å². The molecule has 1 aliphatic rings. The molecule has 2 aromatic rings. The van der Waals surface area contributed by atoms with E-state index < -0.39 is 11.6 Å². The topological polar surface area (TPSA) is 74.4 Å². The van der Waals surface area contributed by atoms with Gasteiger partial charge >= 0.3 is 5.97 Å². The lowest BCUT2D eigenvalue weighted by atomic mass is 9.91. The van der Waals surface area contributed by atoms with Crippen molar-refractivity contribution in [2.75, 3.05) is 5.73 Å². The second-order valence-electron chi connectivity index (χ2n) is 6.45. The highest BCUT2D eigenvalue weighted by Crippen LogP contribution is 2.40. The number of anilines is 1. The van der Waals surface area contributed by atoms with Crippen molar-refractivity contribution in [3.8, 4) is 5.88 Å². The number of cyclic esters (lactones) is 1. The molecule has 0 bridgehead atoms. The molecule has 1 aromatic heterocycles. The van der Waals surface area contributed by atoms with E-state index in [1.807, 2.05) is 52.0 Å². The van der Waals surface area contributed by atoms with Crippen LogP contribution in [0.2, 0.25) is 0 Å². The van der Waals surface area contributed by atoms with E-state index in [-0.39, 0.29) is 5.76 Å². The van der Waals surface area contributed by atoms with Crippen LogP contribution < -0.4 is 10.5 Å². The molecule has 0 saturated carbocycles. The summed E-state index contributed by atoms with van der Waals surface area (Å²) in [5.74, 6) is -0.0108. The third-order valence-corrected chi connectivity index (χ3v) is 4.04. The minimum absolute atomic E-state index is 0.167. The maximum absolute atomic E-state index is 12.3. The molecule has 5 nitrogen and oxygen atoms in total. The third kappa shape index (κ3) is 2.85. The number of pyridine rings is 1. The van der Waals surface area contributed by atoms with Crippen molar-refractivity contribution >= 4 is 17.2 Å². The Morgan fingerprint density at radius 3 is 2.46 bits per heavy atom. The van der Waals surface area contributed by atoms with E-state index >= 15 is 0 Å². The minimum atomic E-state index is -0.773. The number of nitrogen functional groups attached to an aromatic ring is 1. The number of hydrogen-bond acceptors (Lipinski definition) is 5. The molecule has 0 spiro atoms. The Bertz CT molecular complexity index is 836. The molecular weight excluding hydrogens is 304 g/mol. The second-order valence-corrected chi connectivity index (χ2v) is 6.45. The highest BCUT2D eigenvalue weighted by Gasteiger charge is 2.43. The molecular formula is C19H20N2O3. The molecule has 2 heterocycles. The maximum atomic E-state index is 12.3. The Morgan fingerprint density at radius 1 is 1.17 bits per heavy atom. The van der Waals surface area contributed by atoms with Gasteiger partial charge < -0.3 is 15.2 Å². The number of aromatic nitrogens is 1. The summed E-state index contributed by atoms with van der Waals surface area (Å²) in [5.41, 5.74) is 9.15. The van der Waals surface area contributed by atoms with E-state index in [9.17, 15) is 4.79 Å². The van der Waals surface area contributed by atoms with Gasteiger partial charge in [-0.05, 0) is 38.8 Å². The number of aryl methyl sites for hydroxylation is 2. The van der Waals surface area contributed by atoms with Crippen LogP contribution in [0.1, 0.15) is 30.5 Å². The van der Waals surface area contributed by atoms with E-state index in [1.165, 1.54) is 6.20 Å². The molecule has 124 valence electrons. The minimum Gasteiger partial charge on any atom is -0.449 e. The molecule has 0 unspecified atom stereocenters. The van der Waals surface area contributed by atoms with Crippen molar-refractivity contribution in [2.45, 2.75) is 33.3 Å². The zero-order chi connectivity index (χ0) is 17.5. The van der Waals surface area contributed by atoms with Crippen LogP contribution in [0, 0.1) is 13.8 Å². The number of ether oxygens (including phenoxy) is 2. The van der Waals surface area contributed by atoms with Crippen LogP contribution in [0.5, 0.6) is 5.88 Å². The largest absolute Gasteiger partial charge is 0.449 e. The van der Waals surface area contributed by atoms with Gasteiger partial charge in [-0.15, -0.1) is 0 Å². The second kappa shape index (κ2) is 5.67. The Balaban J connectivity index is 2.08. The molecule has 0 saturated heterocycles. The van der Waals surface area contributed by atoms with Gasteiger partial charge in [0.2, 0.25) is 11.6 Å². The first kappa shape index (κ1) is 16.1. The van der Waals surface area contributed by atoms with E-state index in [1.54, 1.807) is 6.07 Å². The lowest BCUT2D eigenvalue weighted by Gasteiger charge is -2.21. The molecule has 0 fully saturated rings. The molecule has 2 N–H and O–H groups in total. The van der Waals surface area contributed by atoms with Crippen LogP contribution in [-0.4, -0.2) is 16.6 Å². The quantitative estimate of drug-likeness (QED) is 0.876. The Labute approximate surface area is 141 Å². The van der Waals surface area contributed by atoms with Crippen molar-refractivity contribution in [1.82, 2.24) is 4.98 Å². The lowest BCUT2D eigenvalue weighted by molar-refractivity contribution is -0.145. The number of nitrogens with zero attached hydrogens (tertiary/aromatic N) is 1. The monoisotopic (exact) mass is 324 g/mol. The highest BCUT2D eigenvalue weighted by molar-refractivity contribution is 6.02. The van der Waals surface area contributed by atoms with Crippen molar-refractivity contribution in [2.24, 2.45) is 0 Å². The number of benzene rings is 1. The summed E-state index contributed by atoms with van der Waals surface area (Å²) in [6, 6.07) is 9.60. The van der Waals surface area contributed by atoms with E-state index in [0.29, 0.717) is 17.1 Å². The van der Waals surface area contributed by atoms with Crippen molar-refractivity contribution < 1.29 is 14.3 Å². The van der Waals surface area contributed by atoms with Gasteiger partial charge in [-0.3, -0.25) is 0 Å². The fraction of sp³-hybridized carbons (Fsp3) is 0.263. The molecule has 24 heavy (non-hydrogen) atoms. The lowest BCUT2D eigenvalue weighted by Crippen LogP contribution is -2.22. The van der Waals surface area contributed by atoms with E-state index in [4.69, 9.17) is 15.2 Å². The first-order valence-corrected chi connectivity index (χ1v) is 7.73. The van der Waals surface area contributed by atoms with Crippen molar-refractivity contribution in [3.63, 3.8) is 0 Å². The van der Waals surface area contributed by atoms with Gasteiger partial charge in [0.05, 0.1) is 17.5 Å². The zero-order valence-corrected chi connectivity index (χ0v) is 14.2. The van der Waals surface area contributed by atoms with Gasteiger partial charge in [-0.2, -0.15) is 0 Å². The summed E-state index contributed by atoms with van der Waals surface area (Å²) in [4.78, 5) is 16.5. The van der Waals surface area contributed by atoms with Gasteiger partial charge in [0.15, 0.2) is 0 Å². The predicted octanol–water partition coefficient (Wildman–Crippen LogP) is 3.41. The molecule has 1 aromatic carbocycles. The number of carbonyl (C=O) groups excluding carboxylic acids is 1. The number of esters is 1. The van der Waals surface area contributed by atoms with E-state index in [2.05, 4.69) is 4.98 Å². The van der Waals surface area contributed by atoms with Crippen LogP contribution in [0.15, 0.2) is 42.3 Å². The molecule has 0 aliphatic carbocycles. The molecule has 5 heteroatoms. The zero-order valence-electron chi connectivity index (χ0n) is 14.2. The van der Waals surface area contributed by atoms with Gasteiger partial charge in [0, 0.05) is 6.07 Å². The predicted molar refractivity (Wildman–Crippen MR) is 92.3 cm³/mol. The van der Waals surface area contributed by atoms with Crippen molar-refractivity contribution in [1.29, 1.82) is 0 Å². The van der Waals surface area contributed by atoms with E-state index in [0.717, 1.165) is 16.7 Å². The molecule has 0 atom stereocenters. The standard InChI is InChI=1S/C19H20N2O3/c1-11-5-7-13(8-6-11)16-17(18(22)24-19(16,3)4)23-15-9-12(2)14(20)10-21-15/h5-10H,20H2,1-4H3. The number of carbonyl (C=O) groups is 1. The van der Waals surface area contributed by atoms with Crippen molar-refractivity contribution in [3.05, 3.63) is 59.0 Å². The number of rotatable bonds is 3. The van der Waals surface area contributed by atoms with Gasteiger partial charge in [0.1, 0.15) is 5.60 Å². The fourth-order valence-corrected chi connectivity index (χ4v) is 2.70. The number of hydrogen-bond donors (Lipinski definition) is 1. The summed E-state index contributed by atoms with van der Waals surface area (Å²) in [6.07, 6.45) is 1.52.